The third-order valence-corrected chi connectivity index (χ3v) is 5.07. The minimum Gasteiger partial charge on any atom is -0.377 e. The molecule has 0 atom stereocenters. The molecule has 0 saturated carbocycles. The van der Waals surface area contributed by atoms with Crippen LogP contribution < -0.4 is 5.32 Å². The van der Waals surface area contributed by atoms with Crippen molar-refractivity contribution in [3.8, 4) is 11.1 Å². The van der Waals surface area contributed by atoms with Gasteiger partial charge in [-0.15, -0.1) is 11.3 Å². The van der Waals surface area contributed by atoms with Gasteiger partial charge in [-0.05, 0) is 12.5 Å². The fraction of sp³-hybridized carbons (Fsp3) is 0.211. The first kappa shape index (κ1) is 16.7. The number of rotatable bonds is 5. The highest BCUT2D eigenvalue weighted by atomic mass is 32.1. The molecule has 7 heteroatoms. The van der Waals surface area contributed by atoms with E-state index in [0.29, 0.717) is 12.4 Å². The zero-order valence-corrected chi connectivity index (χ0v) is 15.7. The number of hydrogen-bond acceptors (Lipinski definition) is 6. The molecule has 1 aromatic carbocycles. The molecule has 0 bridgehead atoms. The van der Waals surface area contributed by atoms with E-state index in [9.17, 15) is 0 Å². The van der Waals surface area contributed by atoms with Gasteiger partial charge in [-0.25, -0.2) is 9.97 Å². The standard InChI is InChI=1S/C19H19N5OS/c1-12-9-15(23-24(12)2)20-18-17-14(13-7-5-4-6-8-13)11-26-19(17)22-16(21-18)10-25-3/h4-9,11H,10H2,1-3H3,(H,20,21,22,23). The Labute approximate surface area is 155 Å². The molecule has 6 nitrogen and oxygen atoms in total. The lowest BCUT2D eigenvalue weighted by Gasteiger charge is -2.09. The first-order valence-electron chi connectivity index (χ1n) is 8.26. The van der Waals surface area contributed by atoms with E-state index in [-0.39, 0.29) is 0 Å². The van der Waals surface area contributed by atoms with E-state index < -0.39 is 0 Å². The smallest absolute Gasteiger partial charge is 0.158 e. The summed E-state index contributed by atoms with van der Waals surface area (Å²) in [7, 11) is 3.57. The minimum atomic E-state index is 0.366. The molecule has 3 aromatic heterocycles. The molecule has 26 heavy (non-hydrogen) atoms. The lowest BCUT2D eigenvalue weighted by molar-refractivity contribution is 0.178. The van der Waals surface area contributed by atoms with Crippen LogP contribution in [-0.4, -0.2) is 26.9 Å². The van der Waals surface area contributed by atoms with Crippen molar-refractivity contribution in [1.29, 1.82) is 0 Å². The van der Waals surface area contributed by atoms with E-state index in [0.717, 1.165) is 38.7 Å². The van der Waals surface area contributed by atoms with Gasteiger partial charge in [0, 0.05) is 36.9 Å². The van der Waals surface area contributed by atoms with E-state index in [1.54, 1.807) is 18.4 Å². The Morgan fingerprint density at radius 1 is 1.19 bits per heavy atom. The van der Waals surface area contributed by atoms with Crippen LogP contribution in [0.2, 0.25) is 0 Å². The molecule has 0 unspecified atom stereocenters. The second-order valence-electron chi connectivity index (χ2n) is 6.04. The largest absolute Gasteiger partial charge is 0.377 e. The number of aromatic nitrogens is 4. The molecule has 4 rings (SSSR count). The lowest BCUT2D eigenvalue weighted by atomic mass is 10.1. The second-order valence-corrected chi connectivity index (χ2v) is 6.89. The van der Waals surface area contributed by atoms with Crippen LogP contribution in [0, 0.1) is 6.92 Å². The average Bonchev–Trinajstić information content (AvgIpc) is 3.19. The maximum absolute atomic E-state index is 5.23. The number of thiophene rings is 1. The number of aryl methyl sites for hydroxylation is 2. The predicted molar refractivity (Wildman–Crippen MR) is 105 cm³/mol. The van der Waals surface area contributed by atoms with Crippen LogP contribution in [0.5, 0.6) is 0 Å². The van der Waals surface area contributed by atoms with Gasteiger partial charge in [-0.1, -0.05) is 30.3 Å². The van der Waals surface area contributed by atoms with Crippen LogP contribution in [-0.2, 0) is 18.4 Å². The van der Waals surface area contributed by atoms with Gasteiger partial charge in [0.25, 0.3) is 0 Å². The third-order valence-electron chi connectivity index (χ3n) is 4.20. The fourth-order valence-electron chi connectivity index (χ4n) is 2.84. The van der Waals surface area contributed by atoms with Crippen LogP contribution in [0.15, 0.2) is 41.8 Å². The zero-order valence-electron chi connectivity index (χ0n) is 14.9. The highest BCUT2D eigenvalue weighted by Crippen LogP contribution is 2.37. The third kappa shape index (κ3) is 3.07. The molecule has 4 aromatic rings. The van der Waals surface area contributed by atoms with Crippen molar-refractivity contribution in [2.45, 2.75) is 13.5 Å². The van der Waals surface area contributed by atoms with Gasteiger partial charge in [0.2, 0.25) is 0 Å². The van der Waals surface area contributed by atoms with Gasteiger partial charge in [0.15, 0.2) is 11.6 Å². The summed E-state index contributed by atoms with van der Waals surface area (Å²) in [6.07, 6.45) is 0. The predicted octanol–water partition coefficient (Wildman–Crippen LogP) is 4.29. The molecule has 0 aliphatic rings. The van der Waals surface area contributed by atoms with Crippen molar-refractivity contribution in [2.24, 2.45) is 7.05 Å². The topological polar surface area (TPSA) is 64.9 Å². The molecular weight excluding hydrogens is 346 g/mol. The van der Waals surface area contributed by atoms with E-state index in [1.807, 2.05) is 42.9 Å². The highest BCUT2D eigenvalue weighted by molar-refractivity contribution is 7.17. The van der Waals surface area contributed by atoms with Gasteiger partial charge in [-0.3, -0.25) is 4.68 Å². The van der Waals surface area contributed by atoms with Crippen molar-refractivity contribution in [2.75, 3.05) is 12.4 Å². The molecule has 3 heterocycles. The lowest BCUT2D eigenvalue weighted by Crippen LogP contribution is -2.03. The molecule has 1 N–H and O–H groups in total. The van der Waals surface area contributed by atoms with Crippen LogP contribution in [0.4, 0.5) is 11.6 Å². The van der Waals surface area contributed by atoms with E-state index >= 15 is 0 Å². The number of anilines is 2. The zero-order chi connectivity index (χ0) is 18.1. The summed E-state index contributed by atoms with van der Waals surface area (Å²) in [5, 5.41) is 11.0. The number of nitrogens with one attached hydrogen (secondary N) is 1. The number of ether oxygens (including phenoxy) is 1. The summed E-state index contributed by atoms with van der Waals surface area (Å²) in [5.41, 5.74) is 3.33. The summed E-state index contributed by atoms with van der Waals surface area (Å²) in [6, 6.07) is 12.3. The fourth-order valence-corrected chi connectivity index (χ4v) is 3.81. The Morgan fingerprint density at radius 3 is 2.69 bits per heavy atom. The van der Waals surface area contributed by atoms with Crippen LogP contribution >= 0.6 is 11.3 Å². The van der Waals surface area contributed by atoms with Crippen LogP contribution in [0.1, 0.15) is 11.5 Å². The first-order valence-corrected chi connectivity index (χ1v) is 9.14. The van der Waals surface area contributed by atoms with Gasteiger partial charge >= 0.3 is 0 Å². The maximum Gasteiger partial charge on any atom is 0.158 e. The van der Waals surface area contributed by atoms with Crippen molar-refractivity contribution in [1.82, 2.24) is 19.7 Å². The van der Waals surface area contributed by atoms with Crippen molar-refractivity contribution >= 4 is 33.2 Å². The minimum absolute atomic E-state index is 0.366. The Hall–Kier alpha value is -2.77. The van der Waals surface area contributed by atoms with Crippen molar-refractivity contribution in [3.05, 3.63) is 53.3 Å². The molecule has 0 saturated heterocycles. The quantitative estimate of drug-likeness (QED) is 0.571. The van der Waals surface area contributed by atoms with E-state index in [4.69, 9.17) is 9.72 Å². The van der Waals surface area contributed by atoms with E-state index in [2.05, 4.69) is 32.9 Å². The van der Waals surface area contributed by atoms with Gasteiger partial charge < -0.3 is 10.1 Å². The second kappa shape index (κ2) is 6.86. The summed E-state index contributed by atoms with van der Waals surface area (Å²) in [6.45, 7) is 2.38. The Morgan fingerprint density at radius 2 is 2.00 bits per heavy atom. The molecule has 0 fully saturated rings. The monoisotopic (exact) mass is 365 g/mol. The number of nitrogens with zero attached hydrogens (tertiary/aromatic N) is 4. The summed E-state index contributed by atoms with van der Waals surface area (Å²) in [4.78, 5) is 10.3. The Kier molecular flexibility index (Phi) is 4.40. The Balaban J connectivity index is 1.88. The molecule has 0 spiro atoms. The molecule has 132 valence electrons. The van der Waals surface area contributed by atoms with Gasteiger partial charge in [-0.2, -0.15) is 5.10 Å². The average molecular weight is 365 g/mol. The summed E-state index contributed by atoms with van der Waals surface area (Å²) >= 11 is 1.61. The molecule has 0 radical (unpaired) electrons. The number of hydrogen-bond donors (Lipinski definition) is 1. The highest BCUT2D eigenvalue weighted by Gasteiger charge is 2.16. The normalized spacial score (nSPS) is 11.2. The number of methoxy groups -OCH3 is 1. The van der Waals surface area contributed by atoms with Gasteiger partial charge in [0.05, 0.1) is 5.39 Å². The van der Waals surface area contributed by atoms with Crippen molar-refractivity contribution in [3.63, 3.8) is 0 Å². The molecule has 0 amide bonds. The SMILES string of the molecule is COCc1nc(Nc2cc(C)n(C)n2)c2c(-c3ccccc3)csc2n1. The Bertz CT molecular complexity index is 1040. The van der Waals surface area contributed by atoms with Crippen molar-refractivity contribution < 1.29 is 4.74 Å². The molecular formula is C19H19N5OS. The first-order chi connectivity index (χ1) is 12.7. The van der Waals surface area contributed by atoms with Crippen LogP contribution in [0.25, 0.3) is 21.3 Å². The molecule has 0 aliphatic heterocycles. The number of benzene rings is 1. The maximum atomic E-state index is 5.23. The van der Waals surface area contributed by atoms with Crippen LogP contribution in [0.3, 0.4) is 0 Å². The molecule has 0 aliphatic carbocycles. The van der Waals surface area contributed by atoms with Gasteiger partial charge in [0.1, 0.15) is 17.3 Å². The van der Waals surface area contributed by atoms with E-state index in [1.165, 1.54) is 0 Å². The summed E-state index contributed by atoms with van der Waals surface area (Å²) < 4.78 is 7.06. The number of fused-ring (bicyclic) bond motifs is 1. The summed E-state index contributed by atoms with van der Waals surface area (Å²) in [5.74, 6) is 2.16.